The van der Waals surface area contributed by atoms with Crippen molar-refractivity contribution in [2.75, 3.05) is 13.1 Å². The van der Waals surface area contributed by atoms with E-state index in [0.29, 0.717) is 12.5 Å². The summed E-state index contributed by atoms with van der Waals surface area (Å²) in [5.74, 6) is 0.494. The minimum absolute atomic E-state index is 0.0725. The lowest BCUT2D eigenvalue weighted by Gasteiger charge is -2.07. The number of hydrogen-bond donors (Lipinski definition) is 2. The van der Waals surface area contributed by atoms with E-state index in [1.807, 2.05) is 0 Å². The van der Waals surface area contributed by atoms with E-state index < -0.39 is 0 Å². The first kappa shape index (κ1) is 13.7. The van der Waals surface area contributed by atoms with Gasteiger partial charge in [0.25, 0.3) is 0 Å². The quantitative estimate of drug-likeness (QED) is 0.738. The minimum Gasteiger partial charge on any atom is -0.355 e. The van der Waals surface area contributed by atoms with Crippen molar-refractivity contribution < 1.29 is 4.79 Å². The number of benzene rings is 1. The lowest BCUT2D eigenvalue weighted by atomic mass is 10.0. The van der Waals surface area contributed by atoms with Crippen LogP contribution in [0.5, 0.6) is 0 Å². The lowest BCUT2D eigenvalue weighted by Crippen LogP contribution is -2.31. The van der Waals surface area contributed by atoms with E-state index in [4.69, 9.17) is 5.73 Å². The molecular formula is C14H22N2O. The summed E-state index contributed by atoms with van der Waals surface area (Å²) in [6, 6.07) is 8.69. The highest BCUT2D eigenvalue weighted by Gasteiger charge is 1.99. The van der Waals surface area contributed by atoms with Crippen LogP contribution in [0.2, 0.25) is 0 Å². The molecule has 0 fully saturated rings. The zero-order valence-electron chi connectivity index (χ0n) is 10.7. The van der Waals surface area contributed by atoms with Gasteiger partial charge in [-0.1, -0.05) is 38.1 Å². The van der Waals surface area contributed by atoms with Gasteiger partial charge in [-0.05, 0) is 29.9 Å². The first-order valence-corrected chi connectivity index (χ1v) is 6.19. The second-order valence-electron chi connectivity index (χ2n) is 4.55. The Morgan fingerprint density at radius 2 is 1.94 bits per heavy atom. The monoisotopic (exact) mass is 234 g/mol. The molecule has 17 heavy (non-hydrogen) atoms. The molecule has 3 heteroatoms. The van der Waals surface area contributed by atoms with E-state index in [1.54, 1.807) is 0 Å². The molecule has 0 aliphatic heterocycles. The normalized spacial score (nSPS) is 10.6. The van der Waals surface area contributed by atoms with Crippen molar-refractivity contribution in [3.63, 3.8) is 0 Å². The van der Waals surface area contributed by atoms with Crippen LogP contribution in [0.25, 0.3) is 0 Å². The van der Waals surface area contributed by atoms with Crippen molar-refractivity contribution in [1.82, 2.24) is 5.32 Å². The Morgan fingerprint density at radius 1 is 1.29 bits per heavy atom. The van der Waals surface area contributed by atoms with Gasteiger partial charge in [-0.2, -0.15) is 0 Å². The maximum absolute atomic E-state index is 10.9. The molecule has 3 N–H and O–H groups in total. The maximum atomic E-state index is 10.9. The molecule has 1 aromatic carbocycles. The number of aryl methyl sites for hydroxylation is 1. The van der Waals surface area contributed by atoms with Crippen LogP contribution < -0.4 is 11.1 Å². The Labute approximate surface area is 103 Å². The minimum atomic E-state index is -0.0832. The molecule has 1 aromatic rings. The van der Waals surface area contributed by atoms with E-state index in [0.717, 1.165) is 12.8 Å². The van der Waals surface area contributed by atoms with E-state index in [-0.39, 0.29) is 12.5 Å². The van der Waals surface area contributed by atoms with Gasteiger partial charge in [0.1, 0.15) is 0 Å². The third-order valence-electron chi connectivity index (χ3n) is 2.80. The predicted octanol–water partition coefficient (Wildman–Crippen LogP) is 1.82. The topological polar surface area (TPSA) is 55.1 Å². The summed E-state index contributed by atoms with van der Waals surface area (Å²) in [6.07, 6.45) is 1.94. The Kier molecular flexibility index (Phi) is 5.70. The van der Waals surface area contributed by atoms with Gasteiger partial charge < -0.3 is 11.1 Å². The highest BCUT2D eigenvalue weighted by Crippen LogP contribution is 2.15. The van der Waals surface area contributed by atoms with Gasteiger partial charge in [-0.25, -0.2) is 0 Å². The zero-order chi connectivity index (χ0) is 12.7. The Balaban J connectivity index is 2.30. The van der Waals surface area contributed by atoms with Crippen LogP contribution in [0.1, 0.15) is 37.3 Å². The Bertz CT molecular complexity index is 344. The molecule has 0 saturated carbocycles. The molecule has 0 atom stereocenters. The molecular weight excluding hydrogens is 212 g/mol. The number of carbonyl (C=O) groups is 1. The summed E-state index contributed by atoms with van der Waals surface area (Å²) >= 11 is 0. The fourth-order valence-corrected chi connectivity index (χ4v) is 1.66. The highest BCUT2D eigenvalue weighted by atomic mass is 16.1. The van der Waals surface area contributed by atoms with E-state index in [2.05, 4.69) is 43.4 Å². The van der Waals surface area contributed by atoms with Gasteiger partial charge in [-0.15, -0.1) is 0 Å². The van der Waals surface area contributed by atoms with Gasteiger partial charge in [0.05, 0.1) is 6.54 Å². The number of rotatable bonds is 6. The van der Waals surface area contributed by atoms with E-state index >= 15 is 0 Å². The van der Waals surface area contributed by atoms with Crippen LogP contribution >= 0.6 is 0 Å². The van der Waals surface area contributed by atoms with E-state index in [9.17, 15) is 4.79 Å². The fraction of sp³-hybridized carbons (Fsp3) is 0.500. The van der Waals surface area contributed by atoms with Gasteiger partial charge in [0, 0.05) is 6.54 Å². The molecule has 94 valence electrons. The Morgan fingerprint density at radius 3 is 2.47 bits per heavy atom. The predicted molar refractivity (Wildman–Crippen MR) is 70.9 cm³/mol. The number of nitrogens with one attached hydrogen (secondary N) is 1. The van der Waals surface area contributed by atoms with Crippen molar-refractivity contribution in [2.24, 2.45) is 5.73 Å². The number of nitrogens with two attached hydrogens (primary N) is 1. The molecule has 0 spiro atoms. The van der Waals surface area contributed by atoms with Crippen molar-refractivity contribution in [1.29, 1.82) is 0 Å². The lowest BCUT2D eigenvalue weighted by molar-refractivity contribution is -0.119. The first-order valence-electron chi connectivity index (χ1n) is 6.19. The van der Waals surface area contributed by atoms with Crippen molar-refractivity contribution in [3.05, 3.63) is 35.4 Å². The van der Waals surface area contributed by atoms with Crippen LogP contribution in [-0.2, 0) is 11.2 Å². The van der Waals surface area contributed by atoms with E-state index in [1.165, 1.54) is 11.1 Å². The van der Waals surface area contributed by atoms with Crippen LogP contribution in [0.15, 0.2) is 24.3 Å². The molecule has 0 saturated heterocycles. The molecule has 0 aliphatic carbocycles. The third kappa shape index (κ3) is 5.00. The standard InChI is InChI=1S/C14H22N2O/c1-11(2)13-7-5-12(6-8-13)4-3-9-16-14(17)10-15/h5-8,11H,3-4,9-10,15H2,1-2H3,(H,16,17). The number of hydrogen-bond acceptors (Lipinski definition) is 2. The first-order chi connectivity index (χ1) is 8.13. The second-order valence-corrected chi connectivity index (χ2v) is 4.55. The van der Waals surface area contributed by atoms with Crippen molar-refractivity contribution >= 4 is 5.91 Å². The largest absolute Gasteiger partial charge is 0.355 e. The molecule has 0 radical (unpaired) electrons. The average molecular weight is 234 g/mol. The van der Waals surface area contributed by atoms with Crippen LogP contribution in [0, 0.1) is 0 Å². The molecule has 0 aliphatic rings. The highest BCUT2D eigenvalue weighted by molar-refractivity contribution is 5.77. The Hall–Kier alpha value is -1.35. The summed E-state index contributed by atoms with van der Waals surface area (Å²) in [5, 5.41) is 2.77. The molecule has 0 aromatic heterocycles. The molecule has 0 unspecified atom stereocenters. The average Bonchev–Trinajstić information content (AvgIpc) is 2.34. The zero-order valence-corrected chi connectivity index (χ0v) is 10.7. The molecule has 0 bridgehead atoms. The van der Waals surface area contributed by atoms with Crippen LogP contribution in [0.4, 0.5) is 0 Å². The molecule has 3 nitrogen and oxygen atoms in total. The summed E-state index contributed by atoms with van der Waals surface area (Å²) in [5.41, 5.74) is 7.88. The van der Waals surface area contributed by atoms with Crippen molar-refractivity contribution in [2.45, 2.75) is 32.6 Å². The molecule has 1 amide bonds. The molecule has 0 heterocycles. The number of amides is 1. The summed E-state index contributed by atoms with van der Waals surface area (Å²) < 4.78 is 0. The van der Waals surface area contributed by atoms with Gasteiger partial charge in [0.15, 0.2) is 0 Å². The SMILES string of the molecule is CC(C)c1ccc(CCCNC(=O)CN)cc1. The summed E-state index contributed by atoms with van der Waals surface area (Å²) in [4.78, 5) is 10.9. The second kappa shape index (κ2) is 7.07. The van der Waals surface area contributed by atoms with Gasteiger partial charge in [-0.3, -0.25) is 4.79 Å². The van der Waals surface area contributed by atoms with Gasteiger partial charge in [0.2, 0.25) is 5.91 Å². The van der Waals surface area contributed by atoms with Crippen LogP contribution in [-0.4, -0.2) is 19.0 Å². The maximum Gasteiger partial charge on any atom is 0.233 e. The number of carbonyl (C=O) groups excluding carboxylic acids is 1. The van der Waals surface area contributed by atoms with Crippen LogP contribution in [0.3, 0.4) is 0 Å². The summed E-state index contributed by atoms with van der Waals surface area (Å²) in [7, 11) is 0. The summed E-state index contributed by atoms with van der Waals surface area (Å²) in [6.45, 7) is 5.15. The van der Waals surface area contributed by atoms with Gasteiger partial charge >= 0.3 is 0 Å². The van der Waals surface area contributed by atoms with Crippen molar-refractivity contribution in [3.8, 4) is 0 Å². The molecule has 1 rings (SSSR count). The fourth-order valence-electron chi connectivity index (χ4n) is 1.66. The smallest absolute Gasteiger partial charge is 0.233 e. The third-order valence-corrected chi connectivity index (χ3v) is 2.80.